The lowest BCUT2D eigenvalue weighted by Gasteiger charge is -2.23. The van der Waals surface area contributed by atoms with Crippen LogP contribution in [0.4, 0.5) is 5.69 Å². The smallest absolute Gasteiger partial charge is 0.269 e. The number of fused-ring (bicyclic) bond motifs is 1. The maximum Gasteiger partial charge on any atom is 0.269 e. The molecule has 0 N–H and O–H groups in total. The van der Waals surface area contributed by atoms with Crippen LogP contribution in [-0.2, 0) is 13.6 Å². The number of hydrogen-bond acceptors (Lipinski definition) is 4. The summed E-state index contributed by atoms with van der Waals surface area (Å²) in [6.07, 6.45) is 0. The van der Waals surface area contributed by atoms with Crippen molar-refractivity contribution >= 4 is 33.1 Å². The fourth-order valence-electron chi connectivity index (χ4n) is 3.35. The van der Waals surface area contributed by atoms with E-state index in [1.54, 1.807) is 18.9 Å². The molecule has 0 aliphatic heterocycles. The summed E-state index contributed by atoms with van der Waals surface area (Å²) < 4.78 is 1.52. The van der Waals surface area contributed by atoms with Gasteiger partial charge in [-0.2, -0.15) is 0 Å². The van der Waals surface area contributed by atoms with Gasteiger partial charge in [0, 0.05) is 12.7 Å². The first-order valence-corrected chi connectivity index (χ1v) is 10.2. The summed E-state index contributed by atoms with van der Waals surface area (Å²) in [6, 6.07) is 19.5. The van der Waals surface area contributed by atoms with Crippen LogP contribution in [0.1, 0.15) is 26.6 Å². The standard InChI is InChI=1S/C23H21N3O2S/c1-15-19-21(24-16(2)25(3)22(19)27)29-20(15)23(28)26(18-12-8-5-9-13-18)14-17-10-6-4-7-11-17/h4-13H,14H2,1-3H3. The summed E-state index contributed by atoms with van der Waals surface area (Å²) in [5.74, 6) is 0.507. The number of carbonyl (C=O) groups excluding carboxylic acids is 1. The molecule has 0 bridgehead atoms. The first-order valence-electron chi connectivity index (χ1n) is 9.35. The number of anilines is 1. The van der Waals surface area contributed by atoms with Crippen LogP contribution < -0.4 is 10.5 Å². The highest BCUT2D eigenvalue weighted by atomic mass is 32.1. The van der Waals surface area contributed by atoms with E-state index in [1.807, 2.05) is 67.6 Å². The van der Waals surface area contributed by atoms with Crippen molar-refractivity contribution in [3.8, 4) is 0 Å². The summed E-state index contributed by atoms with van der Waals surface area (Å²) in [4.78, 5) is 33.8. The molecule has 2 aromatic heterocycles. The third kappa shape index (κ3) is 3.47. The maximum absolute atomic E-state index is 13.6. The average Bonchev–Trinajstić information content (AvgIpc) is 3.07. The molecule has 0 fully saturated rings. The third-order valence-electron chi connectivity index (χ3n) is 5.09. The molecule has 4 rings (SSSR count). The van der Waals surface area contributed by atoms with Crippen LogP contribution >= 0.6 is 11.3 Å². The summed E-state index contributed by atoms with van der Waals surface area (Å²) in [5.41, 5.74) is 2.43. The highest BCUT2D eigenvalue weighted by molar-refractivity contribution is 7.20. The van der Waals surface area contributed by atoms with Crippen molar-refractivity contribution in [1.29, 1.82) is 0 Å². The van der Waals surface area contributed by atoms with Crippen molar-refractivity contribution in [2.75, 3.05) is 4.90 Å². The minimum atomic E-state index is -0.125. The van der Waals surface area contributed by atoms with E-state index in [-0.39, 0.29) is 11.5 Å². The van der Waals surface area contributed by atoms with Crippen LogP contribution in [-0.4, -0.2) is 15.5 Å². The predicted molar refractivity (Wildman–Crippen MR) is 118 cm³/mol. The molecule has 5 nitrogen and oxygen atoms in total. The Bertz CT molecular complexity index is 1240. The number of rotatable bonds is 4. The molecule has 0 aliphatic carbocycles. The van der Waals surface area contributed by atoms with E-state index >= 15 is 0 Å². The van der Waals surface area contributed by atoms with Crippen LogP contribution in [0.5, 0.6) is 0 Å². The van der Waals surface area contributed by atoms with Crippen LogP contribution in [0.15, 0.2) is 65.5 Å². The minimum Gasteiger partial charge on any atom is -0.303 e. The van der Waals surface area contributed by atoms with Gasteiger partial charge in [-0.15, -0.1) is 11.3 Å². The number of benzene rings is 2. The lowest BCUT2D eigenvalue weighted by Crippen LogP contribution is -2.30. The molecule has 0 radical (unpaired) electrons. The summed E-state index contributed by atoms with van der Waals surface area (Å²) >= 11 is 1.29. The predicted octanol–water partition coefficient (Wildman–Crippen LogP) is 4.46. The zero-order valence-electron chi connectivity index (χ0n) is 16.5. The summed E-state index contributed by atoms with van der Waals surface area (Å²) in [6.45, 7) is 4.07. The van der Waals surface area contributed by atoms with Crippen molar-refractivity contribution in [1.82, 2.24) is 9.55 Å². The SMILES string of the molecule is Cc1c(C(=O)N(Cc2ccccc2)c2ccccc2)sc2nc(C)n(C)c(=O)c12. The molecular formula is C23H21N3O2S. The quantitative estimate of drug-likeness (QED) is 0.506. The molecule has 6 heteroatoms. The highest BCUT2D eigenvalue weighted by Crippen LogP contribution is 2.30. The molecule has 0 unspecified atom stereocenters. The Morgan fingerprint density at radius 3 is 2.31 bits per heavy atom. The number of para-hydroxylation sites is 1. The van der Waals surface area contributed by atoms with E-state index in [0.717, 1.165) is 11.3 Å². The lowest BCUT2D eigenvalue weighted by molar-refractivity contribution is 0.0988. The monoisotopic (exact) mass is 403 g/mol. The van der Waals surface area contributed by atoms with Gasteiger partial charge >= 0.3 is 0 Å². The second-order valence-corrected chi connectivity index (χ2v) is 7.97. The summed E-state index contributed by atoms with van der Waals surface area (Å²) in [5, 5.41) is 0.527. The van der Waals surface area contributed by atoms with E-state index in [1.165, 1.54) is 15.9 Å². The first-order chi connectivity index (χ1) is 14.0. The number of thiophene rings is 1. The average molecular weight is 404 g/mol. The second-order valence-electron chi connectivity index (χ2n) is 6.97. The number of carbonyl (C=O) groups is 1. The Morgan fingerprint density at radius 1 is 1.03 bits per heavy atom. The first kappa shape index (κ1) is 19.1. The van der Waals surface area contributed by atoms with Gasteiger partial charge in [-0.3, -0.25) is 14.2 Å². The molecule has 0 aliphatic rings. The molecule has 0 spiro atoms. The largest absolute Gasteiger partial charge is 0.303 e. The van der Waals surface area contributed by atoms with Gasteiger partial charge in [0.05, 0.1) is 16.8 Å². The van der Waals surface area contributed by atoms with Crippen molar-refractivity contribution in [2.45, 2.75) is 20.4 Å². The number of aryl methyl sites for hydroxylation is 2. The zero-order chi connectivity index (χ0) is 20.5. The van der Waals surface area contributed by atoms with E-state index in [9.17, 15) is 9.59 Å². The van der Waals surface area contributed by atoms with E-state index in [2.05, 4.69) is 4.98 Å². The van der Waals surface area contributed by atoms with Crippen molar-refractivity contribution in [2.24, 2.45) is 7.05 Å². The van der Waals surface area contributed by atoms with Gasteiger partial charge in [-0.25, -0.2) is 4.98 Å². The highest BCUT2D eigenvalue weighted by Gasteiger charge is 2.25. The minimum absolute atomic E-state index is 0.116. The number of nitrogens with zero attached hydrogens (tertiary/aromatic N) is 3. The molecule has 1 amide bonds. The normalized spacial score (nSPS) is 11.0. The Kier molecular flexibility index (Phi) is 5.03. The van der Waals surface area contributed by atoms with Crippen LogP contribution in [0, 0.1) is 13.8 Å². The van der Waals surface area contributed by atoms with Gasteiger partial charge in [0.15, 0.2) is 0 Å². The molecule has 0 atom stereocenters. The molecule has 2 aromatic carbocycles. The van der Waals surface area contributed by atoms with Gasteiger partial charge in [-0.1, -0.05) is 48.5 Å². The van der Waals surface area contributed by atoms with E-state index in [0.29, 0.717) is 33.0 Å². The maximum atomic E-state index is 13.6. The van der Waals surface area contributed by atoms with Crippen molar-refractivity contribution in [3.05, 3.63) is 92.8 Å². The van der Waals surface area contributed by atoms with Gasteiger partial charge < -0.3 is 4.90 Å². The molecule has 4 aromatic rings. The fourth-order valence-corrected chi connectivity index (χ4v) is 4.51. The lowest BCUT2D eigenvalue weighted by atomic mass is 10.1. The van der Waals surface area contributed by atoms with Crippen molar-refractivity contribution < 1.29 is 4.79 Å². The summed E-state index contributed by atoms with van der Waals surface area (Å²) in [7, 11) is 1.70. The Morgan fingerprint density at radius 2 is 1.66 bits per heavy atom. The number of aromatic nitrogens is 2. The molecule has 146 valence electrons. The number of hydrogen-bond donors (Lipinski definition) is 0. The van der Waals surface area contributed by atoms with Gasteiger partial charge in [-0.05, 0) is 37.1 Å². The molecular weight excluding hydrogens is 382 g/mol. The van der Waals surface area contributed by atoms with Gasteiger partial charge in [0.2, 0.25) is 0 Å². The van der Waals surface area contributed by atoms with E-state index in [4.69, 9.17) is 0 Å². The third-order valence-corrected chi connectivity index (χ3v) is 6.26. The Labute approximate surface area is 172 Å². The molecule has 0 saturated carbocycles. The van der Waals surface area contributed by atoms with Gasteiger partial charge in [0.1, 0.15) is 10.7 Å². The fraction of sp³-hybridized carbons (Fsp3) is 0.174. The van der Waals surface area contributed by atoms with Crippen LogP contribution in [0.2, 0.25) is 0 Å². The van der Waals surface area contributed by atoms with E-state index < -0.39 is 0 Å². The molecule has 0 saturated heterocycles. The van der Waals surface area contributed by atoms with Crippen molar-refractivity contribution in [3.63, 3.8) is 0 Å². The zero-order valence-corrected chi connectivity index (χ0v) is 17.4. The van der Waals surface area contributed by atoms with Crippen LogP contribution in [0.25, 0.3) is 10.2 Å². The molecule has 29 heavy (non-hydrogen) atoms. The topological polar surface area (TPSA) is 55.2 Å². The Hall–Kier alpha value is -3.25. The van der Waals surface area contributed by atoms with Gasteiger partial charge in [0.25, 0.3) is 11.5 Å². The van der Waals surface area contributed by atoms with Crippen LogP contribution in [0.3, 0.4) is 0 Å². The Balaban J connectivity index is 1.83. The second kappa shape index (κ2) is 7.64. The molecule has 2 heterocycles. The number of amides is 1.